The smallest absolute Gasteiger partial charge is 0.0726 e. The van der Waals surface area contributed by atoms with Crippen molar-refractivity contribution in [3.63, 3.8) is 0 Å². The summed E-state index contributed by atoms with van der Waals surface area (Å²) in [5.74, 6) is 0.848. The van der Waals surface area contributed by atoms with E-state index in [1.807, 2.05) is 13.0 Å². The third-order valence-corrected chi connectivity index (χ3v) is 5.83. The molecule has 4 atom stereocenters. The molecule has 0 aromatic heterocycles. The largest absolute Gasteiger partial charge is 0.375 e. The Kier molecular flexibility index (Phi) is 3.89. The van der Waals surface area contributed by atoms with Gasteiger partial charge >= 0.3 is 0 Å². The van der Waals surface area contributed by atoms with E-state index in [4.69, 9.17) is 9.47 Å². The van der Waals surface area contributed by atoms with Crippen molar-refractivity contribution >= 4 is 0 Å². The van der Waals surface area contributed by atoms with E-state index < -0.39 is 0 Å². The van der Waals surface area contributed by atoms with Crippen molar-refractivity contribution < 1.29 is 9.47 Å². The molecule has 2 rings (SSSR count). The minimum absolute atomic E-state index is 0.126. The molecule has 2 nitrogen and oxygen atoms in total. The van der Waals surface area contributed by atoms with Crippen molar-refractivity contribution in [3.8, 4) is 0 Å². The second-order valence-corrected chi connectivity index (χ2v) is 6.78. The van der Waals surface area contributed by atoms with Crippen molar-refractivity contribution in [2.45, 2.75) is 59.2 Å². The lowest BCUT2D eigenvalue weighted by Gasteiger charge is -2.38. The van der Waals surface area contributed by atoms with Gasteiger partial charge in [0.1, 0.15) is 0 Å². The molecule has 2 fully saturated rings. The van der Waals surface area contributed by atoms with Crippen LogP contribution in [0.1, 0.15) is 47.0 Å². The average molecular weight is 252 g/mol. The zero-order valence-corrected chi connectivity index (χ0v) is 12.4. The van der Waals surface area contributed by atoms with Crippen LogP contribution < -0.4 is 0 Å². The molecule has 4 unspecified atom stereocenters. The molecule has 2 aliphatic carbocycles. The molecule has 104 valence electrons. The van der Waals surface area contributed by atoms with E-state index in [1.54, 1.807) is 0 Å². The lowest BCUT2D eigenvalue weighted by molar-refractivity contribution is -0.0683. The summed E-state index contributed by atoms with van der Waals surface area (Å²) in [5, 5.41) is 0. The van der Waals surface area contributed by atoms with Gasteiger partial charge in [-0.2, -0.15) is 0 Å². The first-order valence-corrected chi connectivity index (χ1v) is 7.27. The molecule has 2 bridgehead atoms. The summed E-state index contributed by atoms with van der Waals surface area (Å²) in [7, 11) is 0. The first kappa shape index (κ1) is 14.1. The molecule has 0 aliphatic heterocycles. The predicted molar refractivity (Wildman–Crippen MR) is 74.6 cm³/mol. The summed E-state index contributed by atoms with van der Waals surface area (Å²) >= 11 is 0. The maximum atomic E-state index is 6.11. The Labute approximate surface area is 112 Å². The molecule has 0 N–H and O–H groups in total. The minimum Gasteiger partial charge on any atom is -0.375 e. The Bertz CT molecular complexity index is 310. The first-order valence-electron chi connectivity index (χ1n) is 7.27. The van der Waals surface area contributed by atoms with Crippen molar-refractivity contribution in [3.05, 3.63) is 12.7 Å². The zero-order valence-electron chi connectivity index (χ0n) is 12.4. The summed E-state index contributed by atoms with van der Waals surface area (Å²) < 4.78 is 11.7. The van der Waals surface area contributed by atoms with Crippen LogP contribution in [0.15, 0.2) is 12.7 Å². The van der Waals surface area contributed by atoms with E-state index >= 15 is 0 Å². The molecule has 2 heteroatoms. The van der Waals surface area contributed by atoms with Crippen LogP contribution in [0, 0.1) is 16.7 Å². The van der Waals surface area contributed by atoms with Gasteiger partial charge in [0, 0.05) is 0 Å². The fourth-order valence-electron chi connectivity index (χ4n) is 3.87. The summed E-state index contributed by atoms with van der Waals surface area (Å²) in [5.41, 5.74) is 0.800. The van der Waals surface area contributed by atoms with Crippen molar-refractivity contribution in [1.82, 2.24) is 0 Å². The Morgan fingerprint density at radius 2 is 2.06 bits per heavy atom. The highest BCUT2D eigenvalue weighted by molar-refractivity contribution is 5.11. The van der Waals surface area contributed by atoms with Gasteiger partial charge in [0.2, 0.25) is 0 Å². The summed E-state index contributed by atoms with van der Waals surface area (Å²) in [6, 6.07) is 0. The van der Waals surface area contributed by atoms with Gasteiger partial charge in [0.15, 0.2) is 0 Å². The molecule has 0 aromatic carbocycles. The second kappa shape index (κ2) is 4.97. The highest BCUT2D eigenvalue weighted by Crippen LogP contribution is 2.66. The van der Waals surface area contributed by atoms with Crippen molar-refractivity contribution in [2.24, 2.45) is 16.7 Å². The highest BCUT2D eigenvalue weighted by atomic mass is 16.5. The molecule has 2 saturated carbocycles. The number of hydrogen-bond donors (Lipinski definition) is 0. The second-order valence-electron chi connectivity index (χ2n) is 6.78. The third-order valence-electron chi connectivity index (χ3n) is 5.83. The Morgan fingerprint density at radius 1 is 1.33 bits per heavy atom. The molecule has 0 saturated heterocycles. The van der Waals surface area contributed by atoms with Crippen LogP contribution in [0.2, 0.25) is 0 Å². The molecule has 2 aliphatic rings. The molecule has 0 spiro atoms. The minimum atomic E-state index is 0.126. The van der Waals surface area contributed by atoms with E-state index in [0.717, 1.165) is 5.92 Å². The molecule has 0 aromatic rings. The van der Waals surface area contributed by atoms with Crippen LogP contribution in [0.4, 0.5) is 0 Å². The van der Waals surface area contributed by atoms with Gasteiger partial charge in [-0.1, -0.05) is 26.8 Å². The molecule has 0 radical (unpaired) electrons. The maximum absolute atomic E-state index is 6.11. The lowest BCUT2D eigenvalue weighted by Crippen LogP contribution is -2.37. The van der Waals surface area contributed by atoms with Crippen LogP contribution in [-0.4, -0.2) is 25.4 Å². The first-order chi connectivity index (χ1) is 8.41. The summed E-state index contributed by atoms with van der Waals surface area (Å²) in [6.45, 7) is 14.4. The van der Waals surface area contributed by atoms with Crippen molar-refractivity contribution in [1.29, 1.82) is 0 Å². The van der Waals surface area contributed by atoms with Crippen molar-refractivity contribution in [2.75, 3.05) is 13.2 Å². The fourth-order valence-corrected chi connectivity index (χ4v) is 3.87. The quantitative estimate of drug-likeness (QED) is 0.528. The number of ether oxygens (including phenoxy) is 2. The number of hydrogen-bond acceptors (Lipinski definition) is 2. The zero-order chi connectivity index (χ0) is 13.4. The van der Waals surface area contributed by atoms with Crippen LogP contribution in [0.5, 0.6) is 0 Å². The van der Waals surface area contributed by atoms with Gasteiger partial charge < -0.3 is 9.47 Å². The van der Waals surface area contributed by atoms with Crippen LogP contribution >= 0.6 is 0 Å². The molecular formula is C16H28O2. The SMILES string of the molecule is C=CC(C)OCCOC1CC2CCC1(C)C2(C)C. The molecular weight excluding hydrogens is 224 g/mol. The van der Waals surface area contributed by atoms with E-state index in [-0.39, 0.29) is 6.10 Å². The van der Waals surface area contributed by atoms with Gasteiger partial charge in [-0.25, -0.2) is 0 Å². The topological polar surface area (TPSA) is 18.5 Å². The number of fused-ring (bicyclic) bond motifs is 2. The monoisotopic (exact) mass is 252 g/mol. The summed E-state index contributed by atoms with van der Waals surface area (Å²) in [6.07, 6.45) is 6.31. The number of rotatable bonds is 6. The van der Waals surface area contributed by atoms with E-state index in [0.29, 0.717) is 30.1 Å². The molecule has 0 amide bonds. The van der Waals surface area contributed by atoms with Crippen LogP contribution in [-0.2, 0) is 9.47 Å². The Balaban J connectivity index is 1.80. The van der Waals surface area contributed by atoms with Gasteiger partial charge in [-0.3, -0.25) is 0 Å². The molecule has 18 heavy (non-hydrogen) atoms. The highest BCUT2D eigenvalue weighted by Gasteiger charge is 2.61. The standard InChI is InChI=1S/C16H28O2/c1-6-12(2)17-9-10-18-14-11-13-7-8-16(14,5)15(13,3)4/h6,12-14H,1,7-11H2,2-5H3. The van der Waals surface area contributed by atoms with E-state index in [9.17, 15) is 0 Å². The van der Waals surface area contributed by atoms with Gasteiger partial charge in [-0.05, 0) is 42.9 Å². The normalized spacial score (nSPS) is 38.9. The van der Waals surface area contributed by atoms with E-state index in [1.165, 1.54) is 19.3 Å². The average Bonchev–Trinajstić information content (AvgIpc) is 2.67. The van der Waals surface area contributed by atoms with Gasteiger partial charge in [0.25, 0.3) is 0 Å². The molecule has 0 heterocycles. The van der Waals surface area contributed by atoms with E-state index in [2.05, 4.69) is 27.4 Å². The fraction of sp³-hybridized carbons (Fsp3) is 0.875. The van der Waals surface area contributed by atoms with Crippen LogP contribution in [0.25, 0.3) is 0 Å². The third kappa shape index (κ3) is 2.14. The summed E-state index contributed by atoms with van der Waals surface area (Å²) in [4.78, 5) is 0. The van der Waals surface area contributed by atoms with Crippen LogP contribution in [0.3, 0.4) is 0 Å². The Hall–Kier alpha value is -0.340. The predicted octanol–water partition coefficient (Wildman–Crippen LogP) is 3.81. The van der Waals surface area contributed by atoms with Gasteiger partial charge in [-0.15, -0.1) is 6.58 Å². The lowest BCUT2D eigenvalue weighted by atomic mass is 9.70. The Morgan fingerprint density at radius 3 is 2.56 bits per heavy atom. The van der Waals surface area contributed by atoms with Gasteiger partial charge in [0.05, 0.1) is 25.4 Å². The maximum Gasteiger partial charge on any atom is 0.0726 e.